The van der Waals surface area contributed by atoms with Crippen molar-refractivity contribution < 1.29 is 0 Å². The van der Waals surface area contributed by atoms with E-state index >= 15 is 0 Å². The highest BCUT2D eigenvalue weighted by molar-refractivity contribution is 6.41. The molecule has 18 heteroatoms. The van der Waals surface area contributed by atoms with E-state index in [1.54, 1.807) is 17.6 Å². The zero-order valence-electron chi connectivity index (χ0n) is 65.1. The molecule has 0 unspecified atom stereocenters. The topological polar surface area (TPSA) is 179 Å². The molecule has 4 aliphatic heterocycles. The molecule has 7 heterocycles. The summed E-state index contributed by atoms with van der Waals surface area (Å²) in [5.41, 5.74) is 14.8. The monoisotopic (exact) mass is 1280 g/mol. The van der Waals surface area contributed by atoms with Gasteiger partial charge in [0.15, 0.2) is 0 Å². The lowest BCUT2D eigenvalue weighted by Gasteiger charge is -2.41. The van der Waals surface area contributed by atoms with Crippen molar-refractivity contribution in [3.8, 4) is 0 Å². The van der Waals surface area contributed by atoms with Gasteiger partial charge in [0, 0.05) is 73.6 Å². The zero-order valence-corrected chi connectivity index (χ0v) is 65.1. The molecule has 0 aliphatic carbocycles. The van der Waals surface area contributed by atoms with Crippen LogP contribution in [0.2, 0.25) is 0 Å². The molecule has 516 valence electrons. The van der Waals surface area contributed by atoms with E-state index in [1.807, 2.05) is 159 Å². The summed E-state index contributed by atoms with van der Waals surface area (Å²) >= 11 is 0. The Balaban J connectivity index is 0.000000543. The predicted octanol–water partition coefficient (Wildman–Crippen LogP) is 16.8. The second kappa shape index (κ2) is 31.5. The van der Waals surface area contributed by atoms with E-state index in [4.69, 9.17) is 0 Å². The molecule has 18 nitrogen and oxygen atoms in total. The highest BCUT2D eigenvalue weighted by atomic mass is 16.2. The third kappa shape index (κ3) is 24.0. The number of aromatic nitrogens is 6. The van der Waals surface area contributed by atoms with Gasteiger partial charge in [-0.3, -0.25) is 9.36 Å². The zero-order chi connectivity index (χ0) is 73.3. The Morgan fingerprint density at radius 1 is 0.419 bits per heavy atom. The Bertz CT molecular complexity index is 3660. The maximum atomic E-state index is 11.7. The van der Waals surface area contributed by atoms with Crippen molar-refractivity contribution >= 4 is 28.8 Å². The average Bonchev–Trinajstić information content (AvgIpc) is 0.846. The van der Waals surface area contributed by atoms with Gasteiger partial charge in [0.1, 0.15) is 29.1 Å². The highest BCUT2D eigenvalue weighted by Crippen LogP contribution is 2.32. The van der Waals surface area contributed by atoms with Gasteiger partial charge in [0.25, 0.3) is 5.56 Å². The van der Waals surface area contributed by atoms with Gasteiger partial charge >= 0.3 is 11.4 Å². The number of hydrazone groups is 1. The molecule has 3 aromatic rings. The van der Waals surface area contributed by atoms with Crippen LogP contribution in [0.4, 0.5) is 0 Å². The van der Waals surface area contributed by atoms with Crippen LogP contribution >= 0.6 is 0 Å². The van der Waals surface area contributed by atoms with Gasteiger partial charge in [-0.25, -0.2) is 39.2 Å². The molecule has 0 aromatic carbocycles. The number of aryl methyl sites for hydroxylation is 5. The second-order valence-corrected chi connectivity index (χ2v) is 31.4. The minimum atomic E-state index is -0.303. The van der Waals surface area contributed by atoms with Gasteiger partial charge < -0.3 is 19.3 Å². The molecule has 0 atom stereocenters. The fourth-order valence-electron chi connectivity index (χ4n) is 10.9. The Morgan fingerprint density at radius 3 is 1.30 bits per heavy atom. The summed E-state index contributed by atoms with van der Waals surface area (Å²) in [5.74, 6) is 4.08. The summed E-state index contributed by atoms with van der Waals surface area (Å²) in [6.07, 6.45) is 4.32. The molecule has 93 heavy (non-hydrogen) atoms. The van der Waals surface area contributed by atoms with Crippen molar-refractivity contribution in [2.75, 3.05) is 0 Å². The van der Waals surface area contributed by atoms with E-state index in [0.29, 0.717) is 5.69 Å². The first-order valence-electron chi connectivity index (χ1n) is 32.1. The largest absolute Gasteiger partial charge is 0.364 e. The summed E-state index contributed by atoms with van der Waals surface area (Å²) in [4.78, 5) is 66.5. The Morgan fingerprint density at radius 2 is 0.882 bits per heavy atom. The van der Waals surface area contributed by atoms with E-state index in [9.17, 15) is 14.4 Å². The van der Waals surface area contributed by atoms with Crippen LogP contribution in [0.3, 0.4) is 0 Å². The van der Waals surface area contributed by atoms with Gasteiger partial charge in [-0.15, -0.1) is 0 Å². The van der Waals surface area contributed by atoms with Gasteiger partial charge in [0.05, 0.1) is 33.9 Å². The van der Waals surface area contributed by atoms with Crippen molar-refractivity contribution in [3.63, 3.8) is 0 Å². The van der Waals surface area contributed by atoms with Crippen molar-refractivity contribution in [1.29, 1.82) is 0 Å². The SMILES string of the molecule is C=C1C=C(C)C=C(C)N1C(C)(C)C.C=C1N=C(C)C(C)=C(C)N1C(C)(C)C.C=C1N=C(C)C(C)=NN1C(C)(C)C.C=C1N=C(C)N=C(C)N1C(C)(C)C.Cc1cc(C)n(C(C)(C)C)c(=O)c1.Cc1nc(=O)n(C(C)(C)C)c(C)c1C.Cc1nc(=O)n(C(C)(C)C)nc1C. The molecule has 0 spiro atoms. The maximum absolute atomic E-state index is 11.7. The third-order valence-electron chi connectivity index (χ3n) is 15.0. The van der Waals surface area contributed by atoms with Crippen LogP contribution < -0.4 is 16.9 Å². The van der Waals surface area contributed by atoms with E-state index in [2.05, 4.69) is 199 Å². The quantitative estimate of drug-likeness (QED) is 0.210. The number of nitrogens with zero attached hydrogens (tertiary/aromatic N) is 15. The molecule has 0 saturated heterocycles. The molecule has 0 bridgehead atoms. The summed E-state index contributed by atoms with van der Waals surface area (Å²) in [6, 6.07) is 3.71. The van der Waals surface area contributed by atoms with Crippen LogP contribution in [0.25, 0.3) is 0 Å². The first-order chi connectivity index (χ1) is 41.6. The van der Waals surface area contributed by atoms with Crippen molar-refractivity contribution in [1.82, 2.24) is 48.6 Å². The first kappa shape index (κ1) is 83.4. The van der Waals surface area contributed by atoms with E-state index in [1.165, 1.54) is 27.2 Å². The number of aliphatic imine (C=N–C) groups is 4. The van der Waals surface area contributed by atoms with E-state index < -0.39 is 0 Å². The molecule has 0 N–H and O–H groups in total. The van der Waals surface area contributed by atoms with E-state index in [-0.39, 0.29) is 55.7 Å². The molecule has 0 amide bonds. The van der Waals surface area contributed by atoms with Crippen LogP contribution in [0.5, 0.6) is 0 Å². The summed E-state index contributed by atoms with van der Waals surface area (Å²) in [7, 11) is 0. The van der Waals surface area contributed by atoms with Crippen LogP contribution in [-0.4, -0.2) is 99.6 Å². The summed E-state index contributed by atoms with van der Waals surface area (Å²) in [6.45, 7) is 91.2. The van der Waals surface area contributed by atoms with Crippen molar-refractivity contribution in [3.05, 3.63) is 167 Å². The molecule has 7 rings (SSSR count). The fraction of sp³-hybridized carbons (Fsp3) is 0.587. The molecular weight excluding hydrogens is 1160 g/mol. The third-order valence-corrected chi connectivity index (χ3v) is 15.0. The Kier molecular flexibility index (Phi) is 28.3. The molecule has 0 fully saturated rings. The highest BCUT2D eigenvalue weighted by Gasteiger charge is 2.31. The summed E-state index contributed by atoms with van der Waals surface area (Å²) in [5, 5.41) is 10.5. The first-order valence-corrected chi connectivity index (χ1v) is 32.1. The van der Waals surface area contributed by atoms with Crippen LogP contribution in [0.1, 0.15) is 247 Å². The Hall–Kier alpha value is -7.63. The van der Waals surface area contributed by atoms with Crippen molar-refractivity contribution in [2.45, 2.75) is 295 Å². The van der Waals surface area contributed by atoms with Crippen molar-refractivity contribution in [2.24, 2.45) is 25.1 Å². The van der Waals surface area contributed by atoms with Crippen LogP contribution in [-0.2, 0) is 16.6 Å². The summed E-state index contributed by atoms with van der Waals surface area (Å²) < 4.78 is 4.98. The van der Waals surface area contributed by atoms with E-state index in [0.717, 1.165) is 85.9 Å². The minimum absolute atomic E-state index is 0.00509. The number of rotatable bonds is 0. The fourth-order valence-corrected chi connectivity index (χ4v) is 10.9. The van der Waals surface area contributed by atoms with Gasteiger partial charge in [-0.05, 0) is 297 Å². The van der Waals surface area contributed by atoms with Crippen LogP contribution in [0, 0.1) is 48.5 Å². The maximum Gasteiger partial charge on any atom is 0.364 e. The minimum Gasteiger partial charge on any atom is -0.341 e. The normalized spacial score (nSPS) is 15.7. The predicted molar refractivity (Wildman–Crippen MR) is 398 cm³/mol. The number of amidine groups is 2. The molecule has 4 aliphatic rings. The number of pyridine rings is 1. The lowest BCUT2D eigenvalue weighted by molar-refractivity contribution is 0.191. The molecule has 3 aromatic heterocycles. The number of hydrogen-bond donors (Lipinski definition) is 0. The molecule has 0 radical (unpaired) electrons. The van der Waals surface area contributed by atoms with Crippen LogP contribution in [0.15, 0.2) is 136 Å². The molecular formula is C75H123N15O3. The number of hydrogen-bond acceptors (Lipinski definition) is 15. The lowest BCUT2D eigenvalue weighted by atomic mass is 10.00. The average molecular weight is 1280 g/mol. The van der Waals surface area contributed by atoms with Gasteiger partial charge in [-0.1, -0.05) is 26.3 Å². The van der Waals surface area contributed by atoms with Gasteiger partial charge in [0.2, 0.25) is 0 Å². The standard InChI is InChI=1S/C12H20N2.C12H19N.C11H18N2O.C11H17NO.2C10H17N3.C9H15N3O/c1-8-9(2)13-11(4)14(10(8)3)12(5,6)7;1-9-7-10(2)13(11(3)8-9)12(4,5)6;1-7-8(2)12-10(14)13(9(7)3)11(4,5)6;1-8-6-9(2)12(10(13)7-8)11(3,4)5;1-7-11-8(2)13(9(3)12-7)10(4,5)6;1-7-8(2)12-13(9(3)11-7)10(4,5)6;1-6-7(2)11-12(8(13)10-6)9(3,4)5/h4H2,1-3,5-7H3;7-8H,2H2,1,3-6H3;1-6H3;6-7H,1-5H3;2H2,1,3-6H3;3H2,1-2,4-6H3;1-5H3. The van der Waals surface area contributed by atoms with Gasteiger partial charge in [-0.2, -0.15) is 20.2 Å². The second-order valence-electron chi connectivity index (χ2n) is 31.4. The number of allylic oxidation sites excluding steroid dienone is 6. The molecule has 0 saturated carbocycles. The Labute approximate surface area is 562 Å². The smallest absolute Gasteiger partial charge is 0.341 e. The lowest BCUT2D eigenvalue weighted by Crippen LogP contribution is -2.44.